The van der Waals surface area contributed by atoms with Gasteiger partial charge in [0.25, 0.3) is 5.24 Å². The van der Waals surface area contributed by atoms with Crippen LogP contribution in [0.2, 0.25) is 0 Å². The summed E-state index contributed by atoms with van der Waals surface area (Å²) in [6.45, 7) is 4.71. The number of nitrogens with one attached hydrogen (secondary N) is 1. The van der Waals surface area contributed by atoms with Crippen LogP contribution in [0.5, 0.6) is 5.75 Å². The first-order chi connectivity index (χ1) is 12.1. The topological polar surface area (TPSA) is 38.3 Å². The molecule has 1 saturated carbocycles. The minimum Gasteiger partial charge on any atom is -0.489 e. The zero-order chi connectivity index (χ0) is 17.8. The second kappa shape index (κ2) is 7.96. The van der Waals surface area contributed by atoms with Gasteiger partial charge in [-0.3, -0.25) is 4.79 Å². The number of rotatable bonds is 6. The quantitative estimate of drug-likeness (QED) is 0.700. The van der Waals surface area contributed by atoms with Gasteiger partial charge in [-0.2, -0.15) is 0 Å². The average molecular weight is 356 g/mol. The van der Waals surface area contributed by atoms with E-state index in [1.165, 1.54) is 35.7 Å². The second-order valence-corrected chi connectivity index (χ2v) is 7.29. The van der Waals surface area contributed by atoms with Crippen molar-refractivity contribution in [1.29, 1.82) is 0 Å². The normalized spacial score (nSPS) is 13.6. The Kier molecular flexibility index (Phi) is 5.69. The Morgan fingerprint density at radius 3 is 2.72 bits per heavy atom. The third-order valence-electron chi connectivity index (χ3n) is 4.67. The molecule has 0 aliphatic heterocycles. The van der Waals surface area contributed by atoms with Crippen LogP contribution in [-0.4, -0.2) is 11.5 Å². The van der Waals surface area contributed by atoms with Crippen LogP contribution in [0, 0.1) is 6.92 Å². The number of carbonyl (C=O) groups is 1. The molecule has 3 nitrogen and oxygen atoms in total. The maximum atomic E-state index is 11.8. The van der Waals surface area contributed by atoms with E-state index in [1.807, 2.05) is 18.2 Å². The van der Waals surface area contributed by atoms with Crippen molar-refractivity contribution in [3.8, 4) is 5.75 Å². The lowest BCUT2D eigenvalue weighted by molar-refractivity contribution is 0.269. The van der Waals surface area contributed by atoms with Gasteiger partial charge in [0, 0.05) is 11.3 Å². The van der Waals surface area contributed by atoms with Crippen molar-refractivity contribution >= 4 is 22.7 Å². The highest BCUT2D eigenvalue weighted by molar-refractivity contribution is 8.13. The molecule has 0 bridgehead atoms. The first kappa shape index (κ1) is 17.9. The Morgan fingerprint density at radius 2 is 2.08 bits per heavy atom. The lowest BCUT2D eigenvalue weighted by Gasteiger charge is -2.17. The van der Waals surface area contributed by atoms with Gasteiger partial charge in [0.1, 0.15) is 12.4 Å². The summed E-state index contributed by atoms with van der Waals surface area (Å²) in [4.78, 5) is 11.8. The summed E-state index contributed by atoms with van der Waals surface area (Å²) in [5.41, 5.74) is 5.74. The van der Waals surface area contributed by atoms with Crippen molar-refractivity contribution in [3.05, 3.63) is 58.7 Å². The molecule has 25 heavy (non-hydrogen) atoms. The summed E-state index contributed by atoms with van der Waals surface area (Å²) < 4.78 is 6.14. The Bertz CT molecular complexity index is 768. The van der Waals surface area contributed by atoms with Crippen molar-refractivity contribution in [2.45, 2.75) is 45.6 Å². The van der Waals surface area contributed by atoms with Crippen LogP contribution in [0.15, 0.2) is 36.4 Å². The number of hydrogen-bond donors (Lipinski definition) is 1. The van der Waals surface area contributed by atoms with Crippen molar-refractivity contribution in [3.63, 3.8) is 0 Å². The molecule has 1 fully saturated rings. The van der Waals surface area contributed by atoms with E-state index in [2.05, 4.69) is 37.4 Å². The van der Waals surface area contributed by atoms with Crippen molar-refractivity contribution < 1.29 is 9.53 Å². The van der Waals surface area contributed by atoms with Gasteiger partial charge in [-0.15, -0.1) is 0 Å². The van der Waals surface area contributed by atoms with E-state index in [1.54, 1.807) is 6.26 Å². The van der Waals surface area contributed by atoms with Crippen molar-refractivity contribution in [2.75, 3.05) is 11.6 Å². The molecule has 4 heteroatoms. The molecular formula is C21H25NO2S. The lowest BCUT2D eigenvalue weighted by atomic mass is 10.0. The summed E-state index contributed by atoms with van der Waals surface area (Å²) in [5, 5.41) is 2.95. The molecule has 0 atom stereocenters. The first-order valence-electron chi connectivity index (χ1n) is 8.81. The molecule has 0 radical (unpaired) electrons. The fraction of sp³-hybridized carbons (Fsp3) is 0.381. The molecule has 0 spiro atoms. The maximum Gasteiger partial charge on any atom is 0.283 e. The monoisotopic (exact) mass is 355 g/mol. The van der Waals surface area contributed by atoms with Crippen LogP contribution in [0.3, 0.4) is 0 Å². The molecular weight excluding hydrogens is 330 g/mol. The molecule has 132 valence electrons. The lowest BCUT2D eigenvalue weighted by Crippen LogP contribution is -2.10. The Hall–Kier alpha value is -1.94. The zero-order valence-electron chi connectivity index (χ0n) is 15.1. The minimum absolute atomic E-state index is 0.0438. The molecule has 1 aliphatic carbocycles. The average Bonchev–Trinajstić information content (AvgIpc) is 3.46. The van der Waals surface area contributed by atoms with Gasteiger partial charge < -0.3 is 10.1 Å². The highest BCUT2D eigenvalue weighted by Crippen LogP contribution is 2.43. The van der Waals surface area contributed by atoms with E-state index in [9.17, 15) is 4.79 Å². The van der Waals surface area contributed by atoms with E-state index in [4.69, 9.17) is 4.74 Å². The molecule has 0 aromatic heterocycles. The number of thioether (sulfide) groups is 1. The third-order valence-corrected chi connectivity index (χ3v) is 5.14. The number of aryl methyl sites for hydroxylation is 2. The summed E-state index contributed by atoms with van der Waals surface area (Å²) in [6.07, 6.45) is 5.25. The minimum atomic E-state index is -0.0438. The summed E-state index contributed by atoms with van der Waals surface area (Å²) in [7, 11) is 0. The van der Waals surface area contributed by atoms with Crippen molar-refractivity contribution in [1.82, 2.24) is 0 Å². The number of amides is 1. The third kappa shape index (κ3) is 4.37. The standard InChI is InChI=1S/C21H25NO2S/c1-4-15-8-11-20(14(2)12-15)24-13-18-17(16-9-10-16)6-5-7-19(18)22-21(23)25-3/h5-8,11-12,16H,4,9-10,13H2,1-3H3,(H,22,23). The fourth-order valence-electron chi connectivity index (χ4n) is 3.06. The van der Waals surface area contributed by atoms with Gasteiger partial charge >= 0.3 is 0 Å². The summed E-state index contributed by atoms with van der Waals surface area (Å²) in [5.74, 6) is 1.51. The van der Waals surface area contributed by atoms with Gasteiger partial charge in [0.05, 0.1) is 0 Å². The highest BCUT2D eigenvalue weighted by atomic mass is 32.2. The van der Waals surface area contributed by atoms with Crippen LogP contribution >= 0.6 is 11.8 Å². The molecule has 2 aromatic carbocycles. The van der Waals surface area contributed by atoms with Crippen LogP contribution in [0.1, 0.15) is 47.9 Å². The summed E-state index contributed by atoms with van der Waals surface area (Å²) >= 11 is 1.19. The predicted octanol–water partition coefficient (Wildman–Crippen LogP) is 5.91. The highest BCUT2D eigenvalue weighted by Gasteiger charge is 2.27. The van der Waals surface area contributed by atoms with E-state index in [-0.39, 0.29) is 5.24 Å². The van der Waals surface area contributed by atoms with E-state index < -0.39 is 0 Å². The first-order valence-corrected chi connectivity index (χ1v) is 10.0. The van der Waals surface area contributed by atoms with Gasteiger partial charge in [0.15, 0.2) is 0 Å². The molecule has 0 saturated heterocycles. The van der Waals surface area contributed by atoms with Gasteiger partial charge in [0.2, 0.25) is 0 Å². The molecule has 0 unspecified atom stereocenters. The number of ether oxygens (including phenoxy) is 1. The molecule has 2 aromatic rings. The Labute approximate surface area is 154 Å². The van der Waals surface area contributed by atoms with Crippen LogP contribution in [-0.2, 0) is 13.0 Å². The van der Waals surface area contributed by atoms with E-state index >= 15 is 0 Å². The summed E-state index contributed by atoms with van der Waals surface area (Å²) in [6, 6.07) is 12.5. The molecule has 1 amide bonds. The largest absolute Gasteiger partial charge is 0.489 e. The number of benzene rings is 2. The van der Waals surface area contributed by atoms with Crippen molar-refractivity contribution in [2.24, 2.45) is 0 Å². The predicted molar refractivity (Wildman–Crippen MR) is 106 cm³/mol. The number of carbonyl (C=O) groups excluding carboxylic acids is 1. The maximum absolute atomic E-state index is 11.8. The Morgan fingerprint density at radius 1 is 1.28 bits per heavy atom. The van der Waals surface area contributed by atoms with E-state index in [0.29, 0.717) is 12.5 Å². The van der Waals surface area contributed by atoms with Gasteiger partial charge in [-0.25, -0.2) is 0 Å². The number of anilines is 1. The van der Waals surface area contributed by atoms with Gasteiger partial charge in [-0.1, -0.05) is 43.0 Å². The number of hydrogen-bond acceptors (Lipinski definition) is 3. The van der Waals surface area contributed by atoms with Crippen LogP contribution < -0.4 is 10.1 Å². The molecule has 1 N–H and O–H groups in total. The molecule has 1 aliphatic rings. The zero-order valence-corrected chi connectivity index (χ0v) is 15.9. The molecule has 3 rings (SSSR count). The second-order valence-electron chi connectivity index (χ2n) is 6.51. The Balaban J connectivity index is 1.84. The SMILES string of the molecule is CCc1ccc(OCc2c(NC(=O)SC)cccc2C2CC2)c(C)c1. The van der Waals surface area contributed by atoms with Gasteiger partial charge in [-0.05, 0) is 67.2 Å². The smallest absolute Gasteiger partial charge is 0.283 e. The van der Waals surface area contributed by atoms with Crippen LogP contribution in [0.4, 0.5) is 10.5 Å². The van der Waals surface area contributed by atoms with Crippen LogP contribution in [0.25, 0.3) is 0 Å². The molecule has 0 heterocycles. The fourth-order valence-corrected chi connectivity index (χ4v) is 3.28. The van der Waals surface area contributed by atoms with E-state index in [0.717, 1.165) is 29.0 Å².